The molecule has 0 unspecified atom stereocenters. The fourth-order valence-corrected chi connectivity index (χ4v) is 4.37. The maximum atomic E-state index is 13.6. The average molecular weight is 357 g/mol. The summed E-state index contributed by atoms with van der Waals surface area (Å²) in [5.74, 6) is -0.961. The second kappa shape index (κ2) is 5.54. The van der Waals surface area contributed by atoms with Crippen LogP contribution in [0.4, 0.5) is 10.5 Å². The molecule has 0 bridgehead atoms. The molecular formula is C19H23N3O4. The third-order valence-corrected chi connectivity index (χ3v) is 5.55. The molecule has 4 amide bonds. The highest BCUT2D eigenvalue weighted by Crippen LogP contribution is 2.46. The van der Waals surface area contributed by atoms with Gasteiger partial charge in [-0.05, 0) is 38.8 Å². The molecule has 3 aliphatic rings. The van der Waals surface area contributed by atoms with Crippen LogP contribution < -0.4 is 10.2 Å². The zero-order chi connectivity index (χ0) is 18.7. The normalized spacial score (nSPS) is 28.7. The molecule has 7 heteroatoms. The number of ether oxygens (including phenoxy) is 1. The minimum absolute atomic E-state index is 0.262. The lowest BCUT2D eigenvalue weighted by Crippen LogP contribution is -2.75. The van der Waals surface area contributed by atoms with Gasteiger partial charge < -0.3 is 9.64 Å². The third kappa shape index (κ3) is 2.19. The molecule has 2 saturated heterocycles. The second-order valence-electron chi connectivity index (χ2n) is 8.13. The summed E-state index contributed by atoms with van der Waals surface area (Å²) in [6.07, 6.45) is 0.262. The lowest BCUT2D eigenvalue weighted by Gasteiger charge is -2.54. The van der Waals surface area contributed by atoms with E-state index in [1.165, 1.54) is 4.90 Å². The first-order valence-electron chi connectivity index (χ1n) is 8.89. The quantitative estimate of drug-likeness (QED) is 0.709. The van der Waals surface area contributed by atoms with Crippen molar-refractivity contribution in [3.8, 4) is 0 Å². The summed E-state index contributed by atoms with van der Waals surface area (Å²) in [4.78, 5) is 42.4. The van der Waals surface area contributed by atoms with E-state index in [0.29, 0.717) is 13.2 Å². The molecular weight excluding hydrogens is 334 g/mol. The average Bonchev–Trinajstić information content (AvgIpc) is 2.58. The zero-order valence-corrected chi connectivity index (χ0v) is 15.2. The minimum atomic E-state index is -1.37. The molecule has 0 radical (unpaired) electrons. The van der Waals surface area contributed by atoms with Crippen LogP contribution in [0.3, 0.4) is 0 Å². The number of para-hydroxylation sites is 1. The monoisotopic (exact) mass is 357 g/mol. The topological polar surface area (TPSA) is 79.0 Å². The van der Waals surface area contributed by atoms with Crippen LogP contribution in [0.25, 0.3) is 0 Å². The zero-order valence-electron chi connectivity index (χ0n) is 15.2. The van der Waals surface area contributed by atoms with E-state index in [1.807, 2.05) is 24.3 Å². The van der Waals surface area contributed by atoms with E-state index in [0.717, 1.165) is 11.3 Å². The van der Waals surface area contributed by atoms with Crippen molar-refractivity contribution in [2.75, 3.05) is 24.7 Å². The second-order valence-corrected chi connectivity index (χ2v) is 8.13. The number of carbonyl (C=O) groups is 3. The Morgan fingerprint density at radius 1 is 1.19 bits per heavy atom. The lowest BCUT2D eigenvalue weighted by molar-refractivity contribution is -0.159. The van der Waals surface area contributed by atoms with Crippen LogP contribution >= 0.6 is 0 Å². The number of fused-ring (bicyclic) bond motifs is 4. The Bertz CT molecular complexity index is 800. The van der Waals surface area contributed by atoms with E-state index in [9.17, 15) is 14.4 Å². The molecule has 26 heavy (non-hydrogen) atoms. The Hall–Kier alpha value is -2.41. The van der Waals surface area contributed by atoms with Crippen molar-refractivity contribution in [3.05, 3.63) is 29.8 Å². The molecule has 2 atom stereocenters. The molecule has 4 rings (SSSR count). The van der Waals surface area contributed by atoms with Crippen LogP contribution in [0.1, 0.15) is 26.3 Å². The summed E-state index contributed by atoms with van der Waals surface area (Å²) >= 11 is 0. The highest BCUT2D eigenvalue weighted by molar-refractivity contribution is 6.20. The summed E-state index contributed by atoms with van der Waals surface area (Å²) in [7, 11) is 0. The minimum Gasteiger partial charge on any atom is -0.377 e. The number of rotatable bonds is 0. The molecule has 3 aliphatic heterocycles. The van der Waals surface area contributed by atoms with E-state index in [-0.39, 0.29) is 13.0 Å². The number of carbonyl (C=O) groups excluding carboxylic acids is 3. The number of imide groups is 2. The SMILES string of the molecule is CC(C)(C)N1C(=O)NC(=O)[C@]2(Cc3ccccc3N3CCOC[C@@H]32)C1=O. The van der Waals surface area contributed by atoms with Gasteiger partial charge in [0.05, 0.1) is 19.3 Å². The van der Waals surface area contributed by atoms with Gasteiger partial charge in [-0.15, -0.1) is 0 Å². The lowest BCUT2D eigenvalue weighted by atomic mass is 9.68. The largest absolute Gasteiger partial charge is 0.377 e. The standard InChI is InChI=1S/C19H23N3O4/c1-18(2,3)22-16(24)19(15(23)20-17(22)25)10-12-6-4-5-7-13(12)21-8-9-26-11-14(19)21/h4-7,14H,8-11H2,1-3H3,(H,20,23,25)/t14-,19-/m1/s1. The van der Waals surface area contributed by atoms with E-state index < -0.39 is 34.8 Å². The van der Waals surface area contributed by atoms with Crippen LogP contribution in [0.15, 0.2) is 24.3 Å². The molecule has 1 aromatic carbocycles. The Kier molecular flexibility index (Phi) is 3.63. The van der Waals surface area contributed by atoms with Gasteiger partial charge in [-0.3, -0.25) is 19.8 Å². The smallest absolute Gasteiger partial charge is 0.331 e. The summed E-state index contributed by atoms with van der Waals surface area (Å²) in [6, 6.07) is 6.74. The number of nitrogens with one attached hydrogen (secondary N) is 1. The first-order valence-corrected chi connectivity index (χ1v) is 8.89. The van der Waals surface area contributed by atoms with E-state index >= 15 is 0 Å². The third-order valence-electron chi connectivity index (χ3n) is 5.55. The molecule has 0 saturated carbocycles. The van der Waals surface area contributed by atoms with Crippen molar-refractivity contribution in [1.82, 2.24) is 10.2 Å². The fourth-order valence-electron chi connectivity index (χ4n) is 4.37. The van der Waals surface area contributed by atoms with Crippen molar-refractivity contribution in [3.63, 3.8) is 0 Å². The Balaban J connectivity index is 1.89. The number of benzene rings is 1. The van der Waals surface area contributed by atoms with Crippen molar-refractivity contribution in [2.45, 2.75) is 38.8 Å². The van der Waals surface area contributed by atoms with E-state index in [1.54, 1.807) is 20.8 Å². The maximum Gasteiger partial charge on any atom is 0.331 e. The van der Waals surface area contributed by atoms with Crippen LogP contribution in [0.2, 0.25) is 0 Å². The van der Waals surface area contributed by atoms with Gasteiger partial charge in [0, 0.05) is 17.8 Å². The molecule has 2 fully saturated rings. The van der Waals surface area contributed by atoms with Gasteiger partial charge in [0.2, 0.25) is 11.8 Å². The highest BCUT2D eigenvalue weighted by atomic mass is 16.5. The number of hydrogen-bond donors (Lipinski definition) is 1. The number of urea groups is 1. The number of morpholine rings is 1. The van der Waals surface area contributed by atoms with Gasteiger partial charge in [-0.1, -0.05) is 18.2 Å². The van der Waals surface area contributed by atoms with Gasteiger partial charge in [0.25, 0.3) is 0 Å². The predicted molar refractivity (Wildman–Crippen MR) is 94.7 cm³/mol. The Labute approximate surface area is 152 Å². The maximum absolute atomic E-state index is 13.6. The number of hydrogen-bond acceptors (Lipinski definition) is 5. The first kappa shape index (κ1) is 17.0. The molecule has 0 aromatic heterocycles. The number of anilines is 1. The molecule has 1 N–H and O–H groups in total. The number of amides is 4. The van der Waals surface area contributed by atoms with Crippen molar-refractivity contribution in [2.24, 2.45) is 5.41 Å². The van der Waals surface area contributed by atoms with E-state index in [2.05, 4.69) is 10.2 Å². The van der Waals surface area contributed by atoms with Crippen molar-refractivity contribution >= 4 is 23.5 Å². The first-order chi connectivity index (χ1) is 12.3. The number of nitrogens with zero attached hydrogens (tertiary/aromatic N) is 2. The van der Waals surface area contributed by atoms with E-state index in [4.69, 9.17) is 4.74 Å². The van der Waals surface area contributed by atoms with Gasteiger partial charge in [0.1, 0.15) is 0 Å². The Morgan fingerprint density at radius 3 is 2.65 bits per heavy atom. The molecule has 7 nitrogen and oxygen atoms in total. The number of barbiturate groups is 1. The van der Waals surface area contributed by atoms with Crippen LogP contribution in [0, 0.1) is 5.41 Å². The van der Waals surface area contributed by atoms with Crippen molar-refractivity contribution in [1.29, 1.82) is 0 Å². The van der Waals surface area contributed by atoms with Crippen LogP contribution in [0.5, 0.6) is 0 Å². The summed E-state index contributed by atoms with van der Waals surface area (Å²) in [5, 5.41) is 2.44. The van der Waals surface area contributed by atoms with Gasteiger partial charge in [-0.25, -0.2) is 4.79 Å². The molecule has 1 aromatic rings. The van der Waals surface area contributed by atoms with Crippen LogP contribution in [-0.4, -0.2) is 54.1 Å². The molecule has 0 aliphatic carbocycles. The fraction of sp³-hybridized carbons (Fsp3) is 0.526. The van der Waals surface area contributed by atoms with Gasteiger partial charge >= 0.3 is 6.03 Å². The molecule has 1 spiro atoms. The summed E-state index contributed by atoms with van der Waals surface area (Å²) < 4.78 is 5.65. The van der Waals surface area contributed by atoms with Crippen LogP contribution in [-0.2, 0) is 20.7 Å². The van der Waals surface area contributed by atoms with Gasteiger partial charge in [0.15, 0.2) is 5.41 Å². The summed E-state index contributed by atoms with van der Waals surface area (Å²) in [6.45, 7) is 6.80. The van der Waals surface area contributed by atoms with Gasteiger partial charge in [-0.2, -0.15) is 0 Å². The highest BCUT2D eigenvalue weighted by Gasteiger charge is 2.63. The predicted octanol–water partition coefficient (Wildman–Crippen LogP) is 1.31. The molecule has 138 valence electrons. The van der Waals surface area contributed by atoms with Crippen molar-refractivity contribution < 1.29 is 19.1 Å². The Morgan fingerprint density at radius 2 is 1.92 bits per heavy atom. The molecule has 3 heterocycles. The summed E-state index contributed by atoms with van der Waals surface area (Å²) in [5.41, 5.74) is -0.120.